The van der Waals surface area contributed by atoms with E-state index in [1.54, 1.807) is 11.6 Å². The average Bonchev–Trinajstić information content (AvgIpc) is 3.17. The van der Waals surface area contributed by atoms with E-state index in [4.69, 9.17) is 4.74 Å². The molecule has 178 valence electrons. The first-order valence-electron chi connectivity index (χ1n) is 11.0. The first kappa shape index (κ1) is 23.0. The molecular weight excluding hydrogens is 428 g/mol. The van der Waals surface area contributed by atoms with Crippen LogP contribution in [0.1, 0.15) is 5.56 Å². The number of aliphatic hydroxyl groups excluding tert-OH is 2. The molecule has 0 amide bonds. The SMILES string of the molecule is Cc1ccccc1OC[C@@H](O)Cn1c(N2CCN(CCO)CC2)nc2c1c(=O)[nH]c(=O)n2C. The smallest absolute Gasteiger partial charge is 0.329 e. The van der Waals surface area contributed by atoms with Crippen LogP contribution in [0.15, 0.2) is 33.9 Å². The number of H-pyrrole nitrogens is 1. The van der Waals surface area contributed by atoms with Crippen LogP contribution in [0.5, 0.6) is 5.75 Å². The third-order valence-corrected chi connectivity index (χ3v) is 5.98. The number of aryl methyl sites for hydroxylation is 2. The van der Waals surface area contributed by atoms with Gasteiger partial charge in [-0.1, -0.05) is 18.2 Å². The highest BCUT2D eigenvalue weighted by atomic mass is 16.5. The lowest BCUT2D eigenvalue weighted by Gasteiger charge is -2.35. The number of rotatable bonds is 8. The van der Waals surface area contributed by atoms with E-state index >= 15 is 0 Å². The molecule has 1 atom stereocenters. The van der Waals surface area contributed by atoms with Gasteiger partial charge in [0, 0.05) is 39.8 Å². The van der Waals surface area contributed by atoms with Crippen molar-refractivity contribution >= 4 is 17.1 Å². The Bertz CT molecular complexity index is 1220. The van der Waals surface area contributed by atoms with Crippen LogP contribution < -0.4 is 20.9 Å². The molecule has 3 heterocycles. The van der Waals surface area contributed by atoms with Crippen molar-refractivity contribution in [1.82, 2.24) is 24.0 Å². The summed E-state index contributed by atoms with van der Waals surface area (Å²) < 4.78 is 8.76. The van der Waals surface area contributed by atoms with Crippen molar-refractivity contribution in [2.24, 2.45) is 7.05 Å². The number of para-hydroxylation sites is 1. The molecule has 0 unspecified atom stereocenters. The van der Waals surface area contributed by atoms with Crippen LogP contribution in [0.4, 0.5) is 5.95 Å². The molecule has 1 aliphatic rings. The summed E-state index contributed by atoms with van der Waals surface area (Å²) in [7, 11) is 1.55. The van der Waals surface area contributed by atoms with Gasteiger partial charge in [0.05, 0.1) is 13.2 Å². The summed E-state index contributed by atoms with van der Waals surface area (Å²) in [5.74, 6) is 1.21. The molecule has 0 saturated carbocycles. The van der Waals surface area contributed by atoms with Gasteiger partial charge in [0.15, 0.2) is 11.2 Å². The maximum atomic E-state index is 12.7. The van der Waals surface area contributed by atoms with Crippen LogP contribution in [0.25, 0.3) is 11.2 Å². The van der Waals surface area contributed by atoms with Gasteiger partial charge in [-0.25, -0.2) is 4.79 Å². The number of ether oxygens (including phenoxy) is 1. The highest BCUT2D eigenvalue weighted by Crippen LogP contribution is 2.22. The maximum Gasteiger partial charge on any atom is 0.329 e. The summed E-state index contributed by atoms with van der Waals surface area (Å²) in [5, 5.41) is 20.0. The molecular formula is C22H30N6O5. The van der Waals surface area contributed by atoms with E-state index in [0.717, 1.165) is 18.7 Å². The van der Waals surface area contributed by atoms with Crippen molar-refractivity contribution < 1.29 is 14.9 Å². The molecule has 0 aliphatic carbocycles. The van der Waals surface area contributed by atoms with Crippen molar-refractivity contribution in [3.63, 3.8) is 0 Å². The molecule has 4 rings (SSSR count). The Labute approximate surface area is 190 Å². The molecule has 3 N–H and O–H groups in total. The highest BCUT2D eigenvalue weighted by molar-refractivity contribution is 5.74. The van der Waals surface area contributed by atoms with Crippen LogP contribution in [0, 0.1) is 6.92 Å². The van der Waals surface area contributed by atoms with Crippen LogP contribution in [0.2, 0.25) is 0 Å². The Morgan fingerprint density at radius 2 is 1.91 bits per heavy atom. The summed E-state index contributed by atoms with van der Waals surface area (Å²) in [6.07, 6.45) is -0.909. The molecule has 2 aromatic heterocycles. The second-order valence-corrected chi connectivity index (χ2v) is 8.30. The van der Waals surface area contributed by atoms with E-state index in [2.05, 4.69) is 14.9 Å². The van der Waals surface area contributed by atoms with Crippen LogP contribution in [-0.2, 0) is 13.6 Å². The number of imidazole rings is 1. The Morgan fingerprint density at radius 3 is 2.61 bits per heavy atom. The van der Waals surface area contributed by atoms with Crippen LogP contribution in [-0.4, -0.2) is 86.3 Å². The number of anilines is 1. The number of aromatic nitrogens is 4. The molecule has 0 radical (unpaired) electrons. The minimum Gasteiger partial charge on any atom is -0.491 e. The summed E-state index contributed by atoms with van der Waals surface area (Å²) in [6.45, 7) is 5.51. The minimum absolute atomic E-state index is 0.0396. The van der Waals surface area contributed by atoms with Gasteiger partial charge in [0.25, 0.3) is 5.56 Å². The van der Waals surface area contributed by atoms with Gasteiger partial charge in [0.1, 0.15) is 18.5 Å². The second kappa shape index (κ2) is 9.77. The van der Waals surface area contributed by atoms with Gasteiger partial charge >= 0.3 is 5.69 Å². The Kier molecular flexibility index (Phi) is 6.82. The molecule has 0 bridgehead atoms. The third-order valence-electron chi connectivity index (χ3n) is 5.98. The van der Waals surface area contributed by atoms with E-state index in [1.165, 1.54) is 4.57 Å². The van der Waals surface area contributed by atoms with Crippen molar-refractivity contribution in [2.45, 2.75) is 19.6 Å². The van der Waals surface area contributed by atoms with Crippen LogP contribution >= 0.6 is 0 Å². The van der Waals surface area contributed by atoms with E-state index < -0.39 is 17.4 Å². The van der Waals surface area contributed by atoms with Crippen molar-refractivity contribution in [1.29, 1.82) is 0 Å². The fraction of sp³-hybridized carbons (Fsp3) is 0.500. The fourth-order valence-corrected chi connectivity index (χ4v) is 4.12. The number of nitrogens with one attached hydrogen (secondary N) is 1. The number of fused-ring (bicyclic) bond motifs is 1. The topological polar surface area (TPSA) is 129 Å². The summed E-state index contributed by atoms with van der Waals surface area (Å²) in [5.41, 5.74) is 0.381. The quantitative estimate of drug-likeness (QED) is 0.404. The van der Waals surface area contributed by atoms with Gasteiger partial charge in [-0.05, 0) is 18.6 Å². The van der Waals surface area contributed by atoms with E-state index in [9.17, 15) is 19.8 Å². The average molecular weight is 459 g/mol. The molecule has 11 heteroatoms. The number of hydrogen-bond acceptors (Lipinski definition) is 8. The zero-order valence-corrected chi connectivity index (χ0v) is 18.9. The Morgan fingerprint density at radius 1 is 1.18 bits per heavy atom. The maximum absolute atomic E-state index is 12.7. The summed E-state index contributed by atoms with van der Waals surface area (Å²) in [4.78, 5) is 36.0. The fourth-order valence-electron chi connectivity index (χ4n) is 4.12. The number of benzene rings is 1. The number of aromatic amines is 1. The number of β-amino-alcohol motifs (C(OH)–C–C–N with tert-alkyl or cyclic N) is 1. The van der Waals surface area contributed by atoms with Crippen molar-refractivity contribution in [3.05, 3.63) is 50.7 Å². The highest BCUT2D eigenvalue weighted by Gasteiger charge is 2.26. The second-order valence-electron chi connectivity index (χ2n) is 8.30. The number of hydrogen-bond donors (Lipinski definition) is 3. The van der Waals surface area contributed by atoms with E-state index in [1.807, 2.05) is 36.1 Å². The zero-order chi connectivity index (χ0) is 23.5. The van der Waals surface area contributed by atoms with Gasteiger partial charge in [-0.3, -0.25) is 19.2 Å². The summed E-state index contributed by atoms with van der Waals surface area (Å²) in [6, 6.07) is 7.55. The first-order chi connectivity index (χ1) is 15.9. The molecule has 1 aliphatic heterocycles. The molecule has 3 aromatic rings. The third kappa shape index (κ3) is 4.80. The van der Waals surface area contributed by atoms with Gasteiger partial charge in [0.2, 0.25) is 5.95 Å². The number of aliphatic hydroxyl groups is 2. The number of nitrogens with zero attached hydrogens (tertiary/aromatic N) is 5. The molecule has 1 fully saturated rings. The lowest BCUT2D eigenvalue weighted by Crippen LogP contribution is -2.48. The minimum atomic E-state index is -0.909. The van der Waals surface area contributed by atoms with Gasteiger partial charge in [-0.2, -0.15) is 4.98 Å². The molecule has 1 aromatic carbocycles. The normalized spacial score (nSPS) is 15.8. The predicted molar refractivity (Wildman–Crippen MR) is 124 cm³/mol. The lowest BCUT2D eigenvalue weighted by atomic mass is 10.2. The number of piperazine rings is 1. The van der Waals surface area contributed by atoms with Crippen molar-refractivity contribution in [2.75, 3.05) is 50.8 Å². The monoisotopic (exact) mass is 458 g/mol. The van der Waals surface area contributed by atoms with Gasteiger partial charge in [-0.15, -0.1) is 0 Å². The lowest BCUT2D eigenvalue weighted by molar-refractivity contribution is 0.0931. The van der Waals surface area contributed by atoms with E-state index in [0.29, 0.717) is 31.3 Å². The van der Waals surface area contributed by atoms with E-state index in [-0.39, 0.29) is 30.9 Å². The predicted octanol–water partition coefficient (Wildman–Crippen LogP) is -0.714. The standard InChI is InChI=1S/C22H30N6O5/c1-15-5-3-4-6-17(15)33-14-16(30)13-28-18-19(25(2)22(32)24-20(18)31)23-21(28)27-9-7-26(8-10-27)11-12-29/h3-6,16,29-30H,7-14H2,1-2H3,(H,24,31,32)/t16-/m0/s1. The summed E-state index contributed by atoms with van der Waals surface area (Å²) >= 11 is 0. The molecule has 11 nitrogen and oxygen atoms in total. The Balaban J connectivity index is 1.63. The van der Waals surface area contributed by atoms with Crippen LogP contribution in [0.3, 0.4) is 0 Å². The molecule has 33 heavy (non-hydrogen) atoms. The molecule has 0 spiro atoms. The first-order valence-corrected chi connectivity index (χ1v) is 11.0. The molecule has 1 saturated heterocycles. The Hall–Kier alpha value is -3.15. The van der Waals surface area contributed by atoms with Gasteiger partial charge < -0.3 is 24.4 Å². The zero-order valence-electron chi connectivity index (χ0n) is 18.9. The largest absolute Gasteiger partial charge is 0.491 e. The van der Waals surface area contributed by atoms with Crippen molar-refractivity contribution in [3.8, 4) is 5.75 Å².